The molecule has 2 nitrogen and oxygen atoms in total. The van der Waals surface area contributed by atoms with Gasteiger partial charge in [0.25, 0.3) is 5.01 Å². The van der Waals surface area contributed by atoms with Gasteiger partial charge in [0, 0.05) is 17.5 Å². The number of rotatable bonds is 6. The van der Waals surface area contributed by atoms with Crippen LogP contribution in [0.1, 0.15) is 30.0 Å². The third-order valence-corrected chi connectivity index (χ3v) is 8.97. The Morgan fingerprint density at radius 2 is 1.62 bits per heavy atom. The molecule has 0 N–H and O–H groups in total. The minimum absolute atomic E-state index is 0.947. The smallest absolute Gasteiger partial charge is 0.262 e. The molecule has 0 unspecified atom stereocenters. The summed E-state index contributed by atoms with van der Waals surface area (Å²) in [5, 5.41) is 5.17. The predicted octanol–water partition coefficient (Wildman–Crippen LogP) is 9.02. The zero-order valence-electron chi connectivity index (χ0n) is 21.1. The third kappa shape index (κ3) is 4.63. The molecule has 0 aliphatic carbocycles. The number of thiazole rings is 1. The van der Waals surface area contributed by atoms with Gasteiger partial charge in [-0.2, -0.15) is 4.57 Å². The highest BCUT2D eigenvalue weighted by Gasteiger charge is 2.24. The van der Waals surface area contributed by atoms with Crippen LogP contribution in [-0.2, 0) is 6.54 Å². The number of allylic oxidation sites excluding steroid dienone is 2. The Morgan fingerprint density at radius 1 is 0.811 bits per heavy atom. The van der Waals surface area contributed by atoms with Gasteiger partial charge in [0.2, 0.25) is 5.52 Å². The lowest BCUT2D eigenvalue weighted by Crippen LogP contribution is -2.33. The van der Waals surface area contributed by atoms with E-state index in [0.29, 0.717) is 0 Å². The molecule has 1 aliphatic heterocycles. The standard InChI is InChI=1S/C33H29N2S2/c1-3-34-28-21-19-25(18-17-24-11-6-5-7-12-24)23-30(28)37-31(34)15-10-16-32-35(4-2)33-27-14-9-8-13-26(27)20-22-29(33)36-32/h5-23H,3-4H2,1-2H3/q+1/b18-17+. The maximum Gasteiger partial charge on any atom is 0.262 e. The van der Waals surface area contributed by atoms with Gasteiger partial charge in [-0.25, -0.2) is 0 Å². The summed E-state index contributed by atoms with van der Waals surface area (Å²) in [6.07, 6.45) is 11.1. The first-order valence-corrected chi connectivity index (χ1v) is 14.4. The Kier molecular flexibility index (Phi) is 6.69. The third-order valence-electron chi connectivity index (χ3n) is 6.75. The number of benzene rings is 4. The molecule has 1 aromatic heterocycles. The first kappa shape index (κ1) is 23.8. The maximum atomic E-state index is 2.44. The Bertz CT molecular complexity index is 1680. The van der Waals surface area contributed by atoms with Crippen LogP contribution in [0.3, 0.4) is 0 Å². The number of thioether (sulfide) groups is 1. The fraction of sp³-hybridized carbons (Fsp3) is 0.121. The monoisotopic (exact) mass is 517 g/mol. The van der Waals surface area contributed by atoms with Crippen molar-refractivity contribution in [3.05, 3.63) is 118 Å². The molecule has 0 spiro atoms. The molecule has 0 fully saturated rings. The van der Waals surface area contributed by atoms with Gasteiger partial charge < -0.3 is 4.90 Å². The van der Waals surface area contributed by atoms with E-state index in [1.165, 1.54) is 52.7 Å². The fourth-order valence-corrected chi connectivity index (χ4v) is 7.30. The van der Waals surface area contributed by atoms with Crippen LogP contribution in [0.5, 0.6) is 0 Å². The summed E-state index contributed by atoms with van der Waals surface area (Å²) in [5.41, 5.74) is 5.08. The predicted molar refractivity (Wildman–Crippen MR) is 163 cm³/mol. The van der Waals surface area contributed by atoms with Gasteiger partial charge in [-0.3, -0.25) is 0 Å². The van der Waals surface area contributed by atoms with Gasteiger partial charge in [0.1, 0.15) is 11.2 Å². The summed E-state index contributed by atoms with van der Waals surface area (Å²) >= 11 is 3.72. The first-order chi connectivity index (χ1) is 18.2. The molecule has 0 amide bonds. The summed E-state index contributed by atoms with van der Waals surface area (Å²) in [4.78, 5) is 3.72. The Balaban J connectivity index is 1.28. The van der Waals surface area contributed by atoms with Crippen molar-refractivity contribution >= 4 is 68.0 Å². The molecular formula is C33H29N2S2+. The minimum atomic E-state index is 0.947. The second-order valence-electron chi connectivity index (χ2n) is 9.00. The molecule has 1 aliphatic rings. The molecule has 0 radical (unpaired) electrons. The SMILES string of the molecule is CCN1/C(=C/C=C\c2sc3ccc4ccccc4c3[n+]2CC)Sc2cc(/C=C/c3ccccc3)ccc21. The molecule has 0 bridgehead atoms. The highest BCUT2D eigenvalue weighted by molar-refractivity contribution is 8.03. The van der Waals surface area contributed by atoms with Gasteiger partial charge >= 0.3 is 0 Å². The van der Waals surface area contributed by atoms with E-state index in [-0.39, 0.29) is 0 Å². The number of nitrogens with zero attached hydrogens (tertiary/aromatic N) is 2. The lowest BCUT2D eigenvalue weighted by Gasteiger charge is -2.17. The molecular weight excluding hydrogens is 489 g/mol. The van der Waals surface area contributed by atoms with Crippen LogP contribution in [-0.4, -0.2) is 6.54 Å². The van der Waals surface area contributed by atoms with E-state index in [1.54, 1.807) is 0 Å². The molecule has 4 aromatic carbocycles. The molecule has 0 saturated carbocycles. The van der Waals surface area contributed by atoms with Crippen molar-refractivity contribution in [2.24, 2.45) is 0 Å². The number of hydrogen-bond acceptors (Lipinski definition) is 3. The van der Waals surface area contributed by atoms with Gasteiger partial charge in [-0.05, 0) is 60.7 Å². The van der Waals surface area contributed by atoms with E-state index < -0.39 is 0 Å². The molecule has 6 rings (SSSR count). The van der Waals surface area contributed by atoms with Crippen LogP contribution in [0.2, 0.25) is 0 Å². The Morgan fingerprint density at radius 3 is 2.46 bits per heavy atom. The second-order valence-corrected chi connectivity index (χ2v) is 11.1. The van der Waals surface area contributed by atoms with E-state index >= 15 is 0 Å². The molecule has 2 heterocycles. The average Bonchev–Trinajstić information content (AvgIpc) is 3.49. The molecule has 4 heteroatoms. The normalized spacial score (nSPS) is 14.6. The van der Waals surface area contributed by atoms with E-state index in [9.17, 15) is 0 Å². The van der Waals surface area contributed by atoms with Crippen molar-refractivity contribution in [1.82, 2.24) is 0 Å². The second kappa shape index (κ2) is 10.4. The molecule has 5 aromatic rings. The quantitative estimate of drug-likeness (QED) is 0.164. The van der Waals surface area contributed by atoms with Crippen molar-refractivity contribution in [2.75, 3.05) is 11.4 Å². The lowest BCUT2D eigenvalue weighted by atomic mass is 10.1. The molecule has 37 heavy (non-hydrogen) atoms. The van der Waals surface area contributed by atoms with Crippen molar-refractivity contribution in [2.45, 2.75) is 25.3 Å². The van der Waals surface area contributed by atoms with E-state index in [0.717, 1.165) is 13.1 Å². The summed E-state index contributed by atoms with van der Waals surface area (Å²) < 4.78 is 3.78. The Labute approximate surface area is 226 Å². The zero-order chi connectivity index (χ0) is 25.2. The van der Waals surface area contributed by atoms with E-state index in [4.69, 9.17) is 0 Å². The summed E-state index contributed by atoms with van der Waals surface area (Å²) in [6.45, 7) is 6.35. The molecule has 0 atom stereocenters. The first-order valence-electron chi connectivity index (χ1n) is 12.8. The number of aryl methyl sites for hydroxylation is 1. The van der Waals surface area contributed by atoms with Gasteiger partial charge in [-0.15, -0.1) is 0 Å². The van der Waals surface area contributed by atoms with Crippen LogP contribution in [0.25, 0.3) is 39.2 Å². The highest BCUT2D eigenvalue weighted by atomic mass is 32.2. The summed E-state index contributed by atoms with van der Waals surface area (Å²) in [5.74, 6) is 0. The van der Waals surface area contributed by atoms with Gasteiger partial charge in [0.15, 0.2) is 0 Å². The number of hydrogen-bond donors (Lipinski definition) is 0. The number of aromatic nitrogens is 1. The average molecular weight is 518 g/mol. The largest absolute Gasteiger partial charge is 0.335 e. The van der Waals surface area contributed by atoms with Crippen molar-refractivity contribution in [3.8, 4) is 0 Å². The summed E-state index contributed by atoms with van der Waals surface area (Å²) in [7, 11) is 0. The van der Waals surface area contributed by atoms with Crippen LogP contribution < -0.4 is 9.47 Å². The number of anilines is 1. The van der Waals surface area contributed by atoms with Crippen LogP contribution in [0, 0.1) is 0 Å². The van der Waals surface area contributed by atoms with Crippen LogP contribution in [0.4, 0.5) is 5.69 Å². The van der Waals surface area contributed by atoms with E-state index in [1.807, 2.05) is 23.1 Å². The topological polar surface area (TPSA) is 7.12 Å². The van der Waals surface area contributed by atoms with Crippen molar-refractivity contribution in [3.63, 3.8) is 0 Å². The number of fused-ring (bicyclic) bond motifs is 4. The van der Waals surface area contributed by atoms with Crippen LogP contribution >= 0.6 is 23.1 Å². The molecule has 0 saturated heterocycles. The lowest BCUT2D eigenvalue weighted by molar-refractivity contribution is -0.664. The molecule has 182 valence electrons. The van der Waals surface area contributed by atoms with Crippen LogP contribution in [0.15, 0.2) is 107 Å². The summed E-state index contributed by atoms with van der Waals surface area (Å²) in [6, 6.07) is 30.4. The van der Waals surface area contributed by atoms with Gasteiger partial charge in [-0.1, -0.05) is 102 Å². The minimum Gasteiger partial charge on any atom is -0.335 e. The Hall–Kier alpha value is -3.60. The van der Waals surface area contributed by atoms with Crippen molar-refractivity contribution in [1.29, 1.82) is 0 Å². The maximum absolute atomic E-state index is 2.44. The highest BCUT2D eigenvalue weighted by Crippen LogP contribution is 2.46. The van der Waals surface area contributed by atoms with Gasteiger partial charge in [0.05, 0.1) is 16.1 Å². The zero-order valence-corrected chi connectivity index (χ0v) is 22.7. The fourth-order valence-electron chi connectivity index (χ4n) is 4.96. The van der Waals surface area contributed by atoms with E-state index in [2.05, 4.69) is 139 Å². The van der Waals surface area contributed by atoms with Crippen molar-refractivity contribution < 1.29 is 4.57 Å².